The number of hydrogen-bond acceptors (Lipinski definition) is 7. The van der Waals surface area contributed by atoms with Gasteiger partial charge in [-0.2, -0.15) is 5.26 Å². The summed E-state index contributed by atoms with van der Waals surface area (Å²) in [7, 11) is 0. The number of alkyl carbamates (subject to hydrolysis) is 1. The molecule has 10 nitrogen and oxygen atoms in total. The quantitative estimate of drug-likeness (QED) is 0.0941. The van der Waals surface area contributed by atoms with Crippen LogP contribution in [0.5, 0.6) is 0 Å². The van der Waals surface area contributed by atoms with Crippen molar-refractivity contribution in [2.45, 2.75) is 78.2 Å². The van der Waals surface area contributed by atoms with Gasteiger partial charge in [0.1, 0.15) is 23.5 Å². The Balaban J connectivity index is 1.09. The zero-order valence-electron chi connectivity index (χ0n) is 25.8. The fourth-order valence-electron chi connectivity index (χ4n) is 9.03. The number of Topliss-reactive ketones (excluding diaryl/α,β-unsaturated/α-hetero) is 1. The summed E-state index contributed by atoms with van der Waals surface area (Å²) in [5, 5.41) is 25.5. The van der Waals surface area contributed by atoms with Crippen molar-refractivity contribution in [2.24, 2.45) is 34.5 Å². The normalized spacial score (nSPS) is 32.5. The molecule has 1 aromatic carbocycles. The zero-order chi connectivity index (χ0) is 31.6. The number of nitriles is 1. The molecule has 0 unspecified atom stereocenters. The molecular formula is C34H42N4O6. The molecule has 7 atom stereocenters. The largest absolute Gasteiger partial charge is 0.446 e. The van der Waals surface area contributed by atoms with Gasteiger partial charge in [0.2, 0.25) is 0 Å². The Labute approximate surface area is 258 Å². The van der Waals surface area contributed by atoms with E-state index in [0.29, 0.717) is 29.1 Å². The molecule has 0 bridgehead atoms. The van der Waals surface area contributed by atoms with Gasteiger partial charge >= 0.3 is 6.09 Å². The molecule has 3 fully saturated rings. The van der Waals surface area contributed by atoms with Crippen LogP contribution < -0.4 is 10.6 Å². The molecule has 5 rings (SSSR count). The number of amides is 2. The van der Waals surface area contributed by atoms with E-state index in [1.807, 2.05) is 6.07 Å². The highest BCUT2D eigenvalue weighted by Gasteiger charge is 2.59. The maximum absolute atomic E-state index is 12.6. The van der Waals surface area contributed by atoms with Crippen LogP contribution in [0.25, 0.3) is 6.08 Å². The van der Waals surface area contributed by atoms with Gasteiger partial charge in [0, 0.05) is 37.6 Å². The highest BCUT2D eigenvalue weighted by atomic mass is 16.6. The first-order valence-electron chi connectivity index (χ1n) is 15.7. The van der Waals surface area contributed by atoms with Gasteiger partial charge in [0.25, 0.3) is 11.6 Å². The number of fused-ring (bicyclic) bond motifs is 5. The lowest BCUT2D eigenvalue weighted by molar-refractivity contribution is -0.384. The molecule has 3 saturated carbocycles. The van der Waals surface area contributed by atoms with Crippen LogP contribution in [0, 0.1) is 55.9 Å². The average Bonchev–Trinajstić information content (AvgIpc) is 3.36. The molecule has 0 aromatic heterocycles. The number of ether oxygens (including phenoxy) is 1. The van der Waals surface area contributed by atoms with Crippen molar-refractivity contribution in [3.63, 3.8) is 0 Å². The van der Waals surface area contributed by atoms with E-state index in [1.54, 1.807) is 6.92 Å². The minimum absolute atomic E-state index is 0.0835. The second-order valence-corrected chi connectivity index (χ2v) is 13.5. The van der Waals surface area contributed by atoms with Crippen molar-refractivity contribution in [3.05, 3.63) is 57.2 Å². The Hall–Kier alpha value is -4.00. The summed E-state index contributed by atoms with van der Waals surface area (Å²) in [6, 6.07) is 7.36. The van der Waals surface area contributed by atoms with E-state index in [9.17, 15) is 29.8 Å². The first kappa shape index (κ1) is 31.4. The third kappa shape index (κ3) is 6.01. The van der Waals surface area contributed by atoms with Crippen LogP contribution in [-0.4, -0.2) is 41.9 Å². The zero-order valence-corrected chi connectivity index (χ0v) is 25.8. The fourth-order valence-corrected chi connectivity index (χ4v) is 9.03. The van der Waals surface area contributed by atoms with Gasteiger partial charge in [-0.05, 0) is 104 Å². The van der Waals surface area contributed by atoms with Crippen molar-refractivity contribution >= 4 is 29.5 Å². The molecule has 1 aromatic rings. The van der Waals surface area contributed by atoms with Gasteiger partial charge in [-0.15, -0.1) is 0 Å². The number of ketones is 1. The predicted molar refractivity (Wildman–Crippen MR) is 164 cm³/mol. The summed E-state index contributed by atoms with van der Waals surface area (Å²) >= 11 is 0. The number of nitro benzene ring substituents is 1. The van der Waals surface area contributed by atoms with E-state index in [1.165, 1.54) is 35.9 Å². The van der Waals surface area contributed by atoms with Crippen molar-refractivity contribution in [3.8, 4) is 6.07 Å². The van der Waals surface area contributed by atoms with E-state index in [-0.39, 0.29) is 47.2 Å². The monoisotopic (exact) mass is 602 g/mol. The van der Waals surface area contributed by atoms with Crippen molar-refractivity contribution in [2.75, 3.05) is 13.1 Å². The molecule has 4 aliphatic rings. The fraction of sp³-hybridized carbons (Fsp3) is 0.588. The number of allylic oxidation sites excluding steroid dienone is 1. The summed E-state index contributed by atoms with van der Waals surface area (Å²) in [4.78, 5) is 47.7. The Bertz CT molecular complexity index is 1430. The molecular weight excluding hydrogens is 560 g/mol. The predicted octanol–water partition coefficient (Wildman–Crippen LogP) is 5.88. The number of nitro groups is 1. The van der Waals surface area contributed by atoms with Crippen LogP contribution >= 0.6 is 0 Å². The smallest absolute Gasteiger partial charge is 0.407 e. The summed E-state index contributed by atoms with van der Waals surface area (Å²) < 4.78 is 5.78. The minimum Gasteiger partial charge on any atom is -0.446 e. The van der Waals surface area contributed by atoms with Crippen LogP contribution in [0.4, 0.5) is 10.5 Å². The topological polar surface area (TPSA) is 151 Å². The molecule has 10 heteroatoms. The molecule has 0 spiro atoms. The van der Waals surface area contributed by atoms with Gasteiger partial charge in [0.15, 0.2) is 0 Å². The maximum atomic E-state index is 12.6. The molecule has 0 radical (unpaired) electrons. The summed E-state index contributed by atoms with van der Waals surface area (Å²) in [5.74, 6) is 1.79. The SMILES string of the molecule is CC(=O)[C@H]1CC[C@H]2[C@@H]3CC=C4C[C@@H](OC(=O)NCCNC(=O)/C(C#N)=C/c5ccc([N+](=O)[O-])cc5)CC[C@]4(C)[C@H]3CC[C@]12C. The number of nitrogens with zero attached hydrogens (tertiary/aromatic N) is 2. The lowest BCUT2D eigenvalue weighted by atomic mass is 9.47. The second-order valence-electron chi connectivity index (χ2n) is 13.5. The molecule has 234 valence electrons. The Kier molecular flexibility index (Phi) is 8.96. The van der Waals surface area contributed by atoms with Gasteiger partial charge in [0.05, 0.1) is 4.92 Å². The van der Waals surface area contributed by atoms with Crippen LogP contribution in [0.2, 0.25) is 0 Å². The van der Waals surface area contributed by atoms with E-state index in [0.717, 1.165) is 51.4 Å². The van der Waals surface area contributed by atoms with E-state index in [4.69, 9.17) is 4.74 Å². The lowest BCUT2D eigenvalue weighted by Gasteiger charge is -2.58. The lowest BCUT2D eigenvalue weighted by Crippen LogP contribution is -2.51. The second kappa shape index (κ2) is 12.5. The first-order valence-corrected chi connectivity index (χ1v) is 15.7. The van der Waals surface area contributed by atoms with Gasteiger partial charge < -0.3 is 15.4 Å². The minimum atomic E-state index is -0.604. The molecule has 0 aliphatic heterocycles. The number of non-ortho nitro benzene ring substituents is 1. The standard InChI is InChI=1S/C34H42N4O6/c1-21(39)28-10-11-29-27-9-6-24-19-26(12-14-33(24,2)30(27)13-15-34(28,29)3)44-32(41)37-17-16-36-31(40)23(20-35)18-22-4-7-25(8-5-22)38(42)43/h4-8,18,26-30H,9-17,19H2,1-3H3,(H,36,40)(H,37,41)/b23-18+/t26-,27-,28+,29-,30-,33-,34+/m0/s1. The molecule has 4 aliphatic carbocycles. The first-order chi connectivity index (χ1) is 21.0. The van der Waals surface area contributed by atoms with Crippen LogP contribution in [0.1, 0.15) is 77.7 Å². The molecule has 44 heavy (non-hydrogen) atoms. The number of carbonyl (C=O) groups is 3. The summed E-state index contributed by atoms with van der Waals surface area (Å²) in [6.07, 6.45) is 11.1. The van der Waals surface area contributed by atoms with E-state index in [2.05, 4.69) is 30.6 Å². The highest BCUT2D eigenvalue weighted by Crippen LogP contribution is 2.66. The van der Waals surface area contributed by atoms with Gasteiger partial charge in [-0.3, -0.25) is 19.7 Å². The third-order valence-electron chi connectivity index (χ3n) is 11.3. The van der Waals surface area contributed by atoms with Gasteiger partial charge in [-0.25, -0.2) is 4.79 Å². The van der Waals surface area contributed by atoms with Crippen molar-refractivity contribution in [1.29, 1.82) is 5.26 Å². The highest BCUT2D eigenvalue weighted by molar-refractivity contribution is 6.01. The summed E-state index contributed by atoms with van der Waals surface area (Å²) in [5.41, 5.74) is 1.90. The summed E-state index contributed by atoms with van der Waals surface area (Å²) in [6.45, 7) is 6.78. The number of hydrogen-bond donors (Lipinski definition) is 2. The van der Waals surface area contributed by atoms with Crippen LogP contribution in [0.15, 0.2) is 41.5 Å². The molecule has 0 saturated heterocycles. The van der Waals surface area contributed by atoms with Crippen LogP contribution in [-0.2, 0) is 14.3 Å². The molecule has 2 amide bonds. The third-order valence-corrected chi connectivity index (χ3v) is 11.3. The maximum Gasteiger partial charge on any atom is 0.407 e. The average molecular weight is 603 g/mol. The number of benzene rings is 1. The van der Waals surface area contributed by atoms with E-state index >= 15 is 0 Å². The van der Waals surface area contributed by atoms with Gasteiger partial charge in [-0.1, -0.05) is 25.5 Å². The van der Waals surface area contributed by atoms with Crippen LogP contribution in [0.3, 0.4) is 0 Å². The Morgan fingerprint density at radius 3 is 2.48 bits per heavy atom. The molecule has 2 N–H and O–H groups in total. The Morgan fingerprint density at radius 2 is 1.80 bits per heavy atom. The number of rotatable bonds is 8. The van der Waals surface area contributed by atoms with Crippen molar-refractivity contribution < 1.29 is 24.0 Å². The number of nitrogens with one attached hydrogen (secondary N) is 2. The van der Waals surface area contributed by atoms with Crippen molar-refractivity contribution in [1.82, 2.24) is 10.6 Å². The van der Waals surface area contributed by atoms with E-state index < -0.39 is 16.9 Å². The molecule has 0 heterocycles. The Morgan fingerprint density at radius 1 is 1.07 bits per heavy atom. The number of carbonyl (C=O) groups excluding carboxylic acids is 3.